The molecular weight excluding hydrogens is 370 g/mol. The quantitative estimate of drug-likeness (QED) is 0.551. The van der Waals surface area contributed by atoms with Crippen LogP contribution < -0.4 is 5.76 Å². The Morgan fingerprint density at radius 3 is 3.11 bits per heavy atom. The molecule has 3 aromatic heterocycles. The maximum absolute atomic E-state index is 11.6. The van der Waals surface area contributed by atoms with Crippen molar-refractivity contribution in [1.29, 1.82) is 0 Å². The first-order valence-corrected chi connectivity index (χ1v) is 10.5. The van der Waals surface area contributed by atoms with Gasteiger partial charge in [0.2, 0.25) is 0 Å². The van der Waals surface area contributed by atoms with Crippen LogP contribution in [0.25, 0.3) is 21.5 Å². The molecule has 1 atom stereocenters. The van der Waals surface area contributed by atoms with Crippen molar-refractivity contribution >= 4 is 22.4 Å². The van der Waals surface area contributed by atoms with E-state index in [1.165, 1.54) is 16.0 Å². The Morgan fingerprint density at radius 1 is 1.25 bits per heavy atom. The van der Waals surface area contributed by atoms with E-state index in [1.807, 2.05) is 24.5 Å². The molecule has 0 spiro atoms. The molecular formula is C22H21N3O2S. The normalized spacial score (nSPS) is 17.9. The van der Waals surface area contributed by atoms with Gasteiger partial charge in [-0.1, -0.05) is 18.2 Å². The van der Waals surface area contributed by atoms with Gasteiger partial charge in [-0.05, 0) is 48.5 Å². The molecule has 1 saturated heterocycles. The summed E-state index contributed by atoms with van der Waals surface area (Å²) < 4.78 is 5.42. The number of fused-ring (bicyclic) bond motifs is 1. The number of likely N-dealkylation sites (tertiary alicyclic amines) is 1. The van der Waals surface area contributed by atoms with Crippen LogP contribution >= 0.6 is 11.3 Å². The lowest BCUT2D eigenvalue weighted by Crippen LogP contribution is -2.34. The van der Waals surface area contributed by atoms with Crippen molar-refractivity contribution in [2.75, 3.05) is 13.1 Å². The predicted octanol–water partition coefficient (Wildman–Crippen LogP) is 4.62. The van der Waals surface area contributed by atoms with Gasteiger partial charge >= 0.3 is 5.76 Å². The summed E-state index contributed by atoms with van der Waals surface area (Å²) in [4.78, 5) is 22.6. The third-order valence-electron chi connectivity index (χ3n) is 5.43. The zero-order valence-corrected chi connectivity index (χ0v) is 16.2. The number of pyridine rings is 1. The molecule has 0 amide bonds. The number of hydrogen-bond donors (Lipinski definition) is 1. The number of thiophene rings is 1. The number of aromatic amines is 1. The molecule has 1 aliphatic heterocycles. The number of aromatic nitrogens is 2. The van der Waals surface area contributed by atoms with Crippen LogP contribution in [0.1, 0.15) is 29.9 Å². The predicted molar refractivity (Wildman–Crippen MR) is 112 cm³/mol. The third-order valence-corrected chi connectivity index (χ3v) is 6.35. The van der Waals surface area contributed by atoms with Gasteiger partial charge in [0, 0.05) is 47.4 Å². The van der Waals surface area contributed by atoms with Gasteiger partial charge in [-0.3, -0.25) is 14.9 Å². The molecule has 6 heteroatoms. The van der Waals surface area contributed by atoms with Crippen molar-refractivity contribution in [2.45, 2.75) is 25.3 Å². The van der Waals surface area contributed by atoms with Gasteiger partial charge in [-0.15, -0.1) is 11.3 Å². The minimum absolute atomic E-state index is 0.366. The molecule has 0 bridgehead atoms. The summed E-state index contributed by atoms with van der Waals surface area (Å²) in [6, 6.07) is 12.4. The fraction of sp³-hybridized carbons (Fsp3) is 0.273. The summed E-state index contributed by atoms with van der Waals surface area (Å²) in [6.07, 6.45) is 6.14. The van der Waals surface area contributed by atoms with Crippen molar-refractivity contribution in [3.05, 3.63) is 75.8 Å². The van der Waals surface area contributed by atoms with Crippen molar-refractivity contribution in [3.63, 3.8) is 0 Å². The van der Waals surface area contributed by atoms with E-state index in [2.05, 4.69) is 44.5 Å². The number of oxazole rings is 1. The monoisotopic (exact) mass is 391 g/mol. The minimum Gasteiger partial charge on any atom is -0.408 e. The van der Waals surface area contributed by atoms with E-state index >= 15 is 0 Å². The number of nitrogens with one attached hydrogen (secondary N) is 1. The van der Waals surface area contributed by atoms with E-state index < -0.39 is 0 Å². The largest absolute Gasteiger partial charge is 0.417 e. The molecule has 0 saturated carbocycles. The van der Waals surface area contributed by atoms with Crippen LogP contribution in [0.4, 0.5) is 0 Å². The Kier molecular flexibility index (Phi) is 4.58. The highest BCUT2D eigenvalue weighted by molar-refractivity contribution is 7.13. The van der Waals surface area contributed by atoms with Gasteiger partial charge in [0.05, 0.1) is 5.52 Å². The van der Waals surface area contributed by atoms with Crippen LogP contribution in [0.3, 0.4) is 0 Å². The Morgan fingerprint density at radius 2 is 2.21 bits per heavy atom. The van der Waals surface area contributed by atoms with Crippen LogP contribution in [0, 0.1) is 0 Å². The Labute approximate surface area is 166 Å². The van der Waals surface area contributed by atoms with E-state index in [1.54, 1.807) is 11.3 Å². The average molecular weight is 391 g/mol. The summed E-state index contributed by atoms with van der Waals surface area (Å²) >= 11 is 1.74. The standard InChI is InChI=1S/C22H21N3O2S/c26-22-24-19-6-1-5-18(21(19)27-22)16-4-2-8-25(14-16)13-15-10-17(12-23-11-15)20-7-3-9-28-20/h1,3,5-7,9-12,16H,2,4,8,13-14H2,(H,24,26). The van der Waals surface area contributed by atoms with Gasteiger partial charge < -0.3 is 4.42 Å². The molecule has 0 radical (unpaired) electrons. The lowest BCUT2D eigenvalue weighted by atomic mass is 9.90. The lowest BCUT2D eigenvalue weighted by molar-refractivity contribution is 0.200. The zero-order chi connectivity index (χ0) is 18.9. The second-order valence-electron chi connectivity index (χ2n) is 7.37. The van der Waals surface area contributed by atoms with Crippen LogP contribution in [0.15, 0.2) is 63.4 Å². The van der Waals surface area contributed by atoms with Crippen LogP contribution in [0.2, 0.25) is 0 Å². The Bertz CT molecular complexity index is 1150. The van der Waals surface area contributed by atoms with Gasteiger partial charge in [0.25, 0.3) is 0 Å². The molecule has 1 unspecified atom stereocenters. The molecule has 5 nitrogen and oxygen atoms in total. The van der Waals surface area contributed by atoms with Gasteiger partial charge in [0.1, 0.15) is 0 Å². The maximum Gasteiger partial charge on any atom is 0.417 e. The molecule has 28 heavy (non-hydrogen) atoms. The molecule has 1 fully saturated rings. The molecule has 1 aromatic carbocycles. The molecule has 4 heterocycles. The van der Waals surface area contributed by atoms with Crippen molar-refractivity contribution < 1.29 is 4.42 Å². The lowest BCUT2D eigenvalue weighted by Gasteiger charge is -2.33. The van der Waals surface area contributed by atoms with Crippen molar-refractivity contribution in [2.24, 2.45) is 0 Å². The molecule has 1 N–H and O–H groups in total. The van der Waals surface area contributed by atoms with Gasteiger partial charge in [-0.25, -0.2) is 4.79 Å². The zero-order valence-electron chi connectivity index (χ0n) is 15.4. The second kappa shape index (κ2) is 7.37. The van der Waals surface area contributed by atoms with E-state index in [0.717, 1.165) is 43.6 Å². The number of piperidine rings is 1. The van der Waals surface area contributed by atoms with E-state index in [4.69, 9.17) is 4.42 Å². The first kappa shape index (κ1) is 17.4. The summed E-state index contributed by atoms with van der Waals surface area (Å²) in [5.41, 5.74) is 5.04. The topological polar surface area (TPSA) is 62.1 Å². The summed E-state index contributed by atoms with van der Waals surface area (Å²) in [5, 5.41) is 2.09. The van der Waals surface area contributed by atoms with E-state index in [0.29, 0.717) is 11.5 Å². The maximum atomic E-state index is 11.6. The van der Waals surface area contributed by atoms with Crippen molar-refractivity contribution in [3.8, 4) is 10.4 Å². The highest BCUT2D eigenvalue weighted by Gasteiger charge is 2.24. The average Bonchev–Trinajstić information content (AvgIpc) is 3.37. The third kappa shape index (κ3) is 3.41. The summed E-state index contributed by atoms with van der Waals surface area (Å²) in [5.74, 6) is -0.0172. The number of benzene rings is 1. The number of H-pyrrole nitrogens is 1. The molecule has 4 aromatic rings. The minimum atomic E-state index is -0.383. The first-order valence-electron chi connectivity index (χ1n) is 9.58. The number of para-hydroxylation sites is 1. The fourth-order valence-electron chi connectivity index (χ4n) is 4.18. The SMILES string of the molecule is O=c1[nH]c2cccc(C3CCCN(Cc4cncc(-c5cccs5)c4)C3)c2o1. The Hall–Kier alpha value is -2.70. The smallest absolute Gasteiger partial charge is 0.408 e. The highest BCUT2D eigenvalue weighted by Crippen LogP contribution is 2.32. The second-order valence-corrected chi connectivity index (χ2v) is 8.32. The first-order chi connectivity index (χ1) is 13.8. The van der Waals surface area contributed by atoms with E-state index in [-0.39, 0.29) is 5.76 Å². The van der Waals surface area contributed by atoms with Gasteiger partial charge in [0.15, 0.2) is 5.58 Å². The van der Waals surface area contributed by atoms with Crippen molar-refractivity contribution in [1.82, 2.24) is 14.9 Å². The van der Waals surface area contributed by atoms with E-state index in [9.17, 15) is 4.79 Å². The number of hydrogen-bond acceptors (Lipinski definition) is 5. The number of nitrogens with zero attached hydrogens (tertiary/aromatic N) is 2. The molecule has 5 rings (SSSR count). The van der Waals surface area contributed by atoms with Crippen LogP contribution in [-0.4, -0.2) is 28.0 Å². The molecule has 0 aliphatic carbocycles. The van der Waals surface area contributed by atoms with Crippen LogP contribution in [-0.2, 0) is 6.54 Å². The van der Waals surface area contributed by atoms with Gasteiger partial charge in [-0.2, -0.15) is 0 Å². The Balaban J connectivity index is 1.36. The van der Waals surface area contributed by atoms with Crippen LogP contribution in [0.5, 0.6) is 0 Å². The summed E-state index contributed by atoms with van der Waals surface area (Å²) in [7, 11) is 0. The highest BCUT2D eigenvalue weighted by atomic mass is 32.1. The number of rotatable bonds is 4. The molecule has 142 valence electrons. The fourth-order valence-corrected chi connectivity index (χ4v) is 4.89. The molecule has 1 aliphatic rings. The summed E-state index contributed by atoms with van der Waals surface area (Å²) in [6.45, 7) is 2.92.